The molecule has 0 aromatic heterocycles. The number of hydrogen-bond donors (Lipinski definition) is 2. The molecule has 0 atom stereocenters. The number of nitrogens with one attached hydrogen (secondary N) is 1. The predicted octanol–water partition coefficient (Wildman–Crippen LogP) is 1.65. The fourth-order valence-corrected chi connectivity index (χ4v) is 2.01. The lowest BCUT2D eigenvalue weighted by Crippen LogP contribution is -2.23. The first kappa shape index (κ1) is 12.7. The van der Waals surface area contributed by atoms with Crippen molar-refractivity contribution in [2.24, 2.45) is 5.73 Å². The lowest BCUT2D eigenvalue weighted by atomic mass is 9.87. The summed E-state index contributed by atoms with van der Waals surface area (Å²) in [5.41, 5.74) is 6.03. The van der Waals surface area contributed by atoms with Gasteiger partial charge in [0.05, 0.1) is 4.90 Å². The minimum Gasteiger partial charge on any atom is -0.374 e. The molecule has 4 nitrogen and oxygen atoms in total. The third-order valence-corrected chi connectivity index (χ3v) is 3.79. The van der Waals surface area contributed by atoms with Crippen LogP contribution in [0.5, 0.6) is 0 Å². The van der Waals surface area contributed by atoms with Gasteiger partial charge in [0.2, 0.25) is 15.0 Å². The van der Waals surface area contributed by atoms with Crippen LogP contribution in [0.4, 0.5) is 0 Å². The molecule has 0 aliphatic heterocycles. The average Bonchev–Trinajstić information content (AvgIpc) is 2.16. The van der Waals surface area contributed by atoms with E-state index >= 15 is 0 Å². The molecule has 1 rings (SSSR count). The predicted molar refractivity (Wildman–Crippen MR) is 64.2 cm³/mol. The van der Waals surface area contributed by atoms with E-state index in [4.69, 9.17) is 11.1 Å². The highest BCUT2D eigenvalue weighted by Crippen LogP contribution is 2.23. The molecule has 0 saturated carbocycles. The summed E-state index contributed by atoms with van der Waals surface area (Å²) in [6, 6.07) is 6.46. The molecule has 88 valence electrons. The van der Waals surface area contributed by atoms with E-state index in [1.165, 1.54) is 12.1 Å². The Balaban J connectivity index is 3.20. The number of sulfone groups is 1. The van der Waals surface area contributed by atoms with Gasteiger partial charge >= 0.3 is 0 Å². The van der Waals surface area contributed by atoms with Crippen LogP contribution in [-0.4, -0.2) is 13.6 Å². The van der Waals surface area contributed by atoms with Gasteiger partial charge in [0, 0.05) is 0 Å². The van der Waals surface area contributed by atoms with Crippen molar-refractivity contribution in [1.82, 2.24) is 0 Å². The summed E-state index contributed by atoms with van der Waals surface area (Å²) < 4.78 is 23.1. The van der Waals surface area contributed by atoms with Crippen molar-refractivity contribution in [3.05, 3.63) is 29.8 Å². The standard InChI is InChI=1S/C11H16N2O2S/c1-11(2,3)8-4-6-9(7-5-8)16(14,15)10(12)13/h4-7H,1-3H3,(H3,12,13). The highest BCUT2D eigenvalue weighted by atomic mass is 32.2. The quantitative estimate of drug-likeness (QED) is 0.578. The number of benzene rings is 1. The van der Waals surface area contributed by atoms with Crippen molar-refractivity contribution < 1.29 is 8.42 Å². The van der Waals surface area contributed by atoms with Gasteiger partial charge in [-0.3, -0.25) is 5.41 Å². The second-order valence-corrected chi connectivity index (χ2v) is 6.56. The molecule has 1 aromatic rings. The molecule has 0 bridgehead atoms. The molecule has 0 fully saturated rings. The van der Waals surface area contributed by atoms with E-state index in [-0.39, 0.29) is 10.3 Å². The highest BCUT2D eigenvalue weighted by Gasteiger charge is 2.19. The Labute approximate surface area is 95.9 Å². The lowest BCUT2D eigenvalue weighted by Gasteiger charge is -2.18. The summed E-state index contributed by atoms with van der Waals surface area (Å²) in [6.45, 7) is 6.13. The number of amidine groups is 1. The smallest absolute Gasteiger partial charge is 0.238 e. The summed E-state index contributed by atoms with van der Waals surface area (Å²) in [5.74, 6) is 0. The molecule has 0 aliphatic rings. The normalized spacial score (nSPS) is 12.4. The van der Waals surface area contributed by atoms with Crippen LogP contribution < -0.4 is 5.73 Å². The van der Waals surface area contributed by atoms with Crippen LogP contribution in [0.1, 0.15) is 26.3 Å². The maximum Gasteiger partial charge on any atom is 0.238 e. The first-order chi connectivity index (χ1) is 7.15. The zero-order chi connectivity index (χ0) is 12.6. The number of nitrogens with two attached hydrogens (primary N) is 1. The van der Waals surface area contributed by atoms with E-state index in [2.05, 4.69) is 0 Å². The molecular formula is C11H16N2O2S. The van der Waals surface area contributed by atoms with E-state index in [1.54, 1.807) is 12.1 Å². The Morgan fingerprint density at radius 1 is 1.19 bits per heavy atom. The summed E-state index contributed by atoms with van der Waals surface area (Å²) >= 11 is 0. The minimum atomic E-state index is -3.78. The molecule has 16 heavy (non-hydrogen) atoms. The maximum absolute atomic E-state index is 11.5. The molecule has 0 aliphatic carbocycles. The van der Waals surface area contributed by atoms with Crippen LogP contribution in [0, 0.1) is 5.41 Å². The second kappa shape index (κ2) is 3.90. The van der Waals surface area contributed by atoms with Crippen molar-refractivity contribution in [2.75, 3.05) is 0 Å². The zero-order valence-electron chi connectivity index (χ0n) is 9.61. The van der Waals surface area contributed by atoms with E-state index in [9.17, 15) is 8.42 Å². The first-order valence-electron chi connectivity index (χ1n) is 4.85. The molecule has 0 radical (unpaired) electrons. The van der Waals surface area contributed by atoms with E-state index in [0.29, 0.717) is 0 Å². The topological polar surface area (TPSA) is 84.0 Å². The zero-order valence-corrected chi connectivity index (χ0v) is 10.4. The summed E-state index contributed by atoms with van der Waals surface area (Å²) in [4.78, 5) is 0.0630. The molecule has 1 aromatic carbocycles. The van der Waals surface area contributed by atoms with Crippen molar-refractivity contribution in [3.63, 3.8) is 0 Å². The van der Waals surface area contributed by atoms with Gasteiger partial charge in [-0.05, 0) is 23.1 Å². The SMILES string of the molecule is CC(C)(C)c1ccc(S(=O)(=O)C(=N)N)cc1. The number of rotatable bonds is 1. The van der Waals surface area contributed by atoms with Crippen molar-refractivity contribution in [1.29, 1.82) is 5.41 Å². The number of hydrogen-bond acceptors (Lipinski definition) is 3. The van der Waals surface area contributed by atoms with Crippen LogP contribution in [-0.2, 0) is 15.3 Å². The molecule has 0 spiro atoms. The van der Waals surface area contributed by atoms with Gasteiger partial charge in [-0.2, -0.15) is 0 Å². The molecule has 0 amide bonds. The minimum absolute atomic E-state index is 0.0293. The van der Waals surface area contributed by atoms with E-state index in [0.717, 1.165) is 5.56 Å². The van der Waals surface area contributed by atoms with E-state index < -0.39 is 15.0 Å². The highest BCUT2D eigenvalue weighted by molar-refractivity contribution is 8.06. The van der Waals surface area contributed by atoms with Crippen LogP contribution in [0.25, 0.3) is 0 Å². The Bertz CT molecular complexity index is 496. The second-order valence-electron chi connectivity index (χ2n) is 4.64. The van der Waals surface area contributed by atoms with Gasteiger partial charge in [0.25, 0.3) is 0 Å². The van der Waals surface area contributed by atoms with Crippen LogP contribution in [0.2, 0.25) is 0 Å². The summed E-state index contributed by atoms with van der Waals surface area (Å²) in [5, 5.41) is 6.18. The third-order valence-electron chi connectivity index (χ3n) is 2.32. The average molecular weight is 240 g/mol. The Morgan fingerprint density at radius 2 is 1.62 bits per heavy atom. The monoisotopic (exact) mass is 240 g/mol. The van der Waals surface area contributed by atoms with Gasteiger partial charge in [-0.1, -0.05) is 32.9 Å². The van der Waals surface area contributed by atoms with Gasteiger partial charge in [-0.25, -0.2) is 8.42 Å². The molecule has 5 heteroatoms. The lowest BCUT2D eigenvalue weighted by molar-refractivity contribution is 0.588. The van der Waals surface area contributed by atoms with E-state index in [1.807, 2.05) is 20.8 Å². The molecular weight excluding hydrogens is 224 g/mol. The molecule has 0 unspecified atom stereocenters. The van der Waals surface area contributed by atoms with Crippen molar-refractivity contribution in [3.8, 4) is 0 Å². The van der Waals surface area contributed by atoms with Gasteiger partial charge in [0.1, 0.15) is 0 Å². The Hall–Kier alpha value is -1.36. The molecule has 0 heterocycles. The summed E-state index contributed by atoms with van der Waals surface area (Å²) in [7, 11) is -3.78. The molecule has 0 saturated heterocycles. The van der Waals surface area contributed by atoms with Crippen LogP contribution in [0.15, 0.2) is 29.2 Å². The van der Waals surface area contributed by atoms with Crippen LogP contribution >= 0.6 is 0 Å². The maximum atomic E-state index is 11.5. The molecule has 3 N–H and O–H groups in total. The van der Waals surface area contributed by atoms with Gasteiger partial charge < -0.3 is 5.73 Å². The third kappa shape index (κ3) is 2.41. The van der Waals surface area contributed by atoms with Gasteiger partial charge in [0.15, 0.2) is 0 Å². The van der Waals surface area contributed by atoms with Crippen molar-refractivity contribution in [2.45, 2.75) is 31.1 Å². The Morgan fingerprint density at radius 3 is 1.94 bits per heavy atom. The fraction of sp³-hybridized carbons (Fsp3) is 0.364. The van der Waals surface area contributed by atoms with Gasteiger partial charge in [-0.15, -0.1) is 0 Å². The van der Waals surface area contributed by atoms with Crippen molar-refractivity contribution >= 4 is 15.0 Å². The fourth-order valence-electron chi connectivity index (χ4n) is 1.26. The Kier molecular flexibility index (Phi) is 3.10. The van der Waals surface area contributed by atoms with Crippen LogP contribution in [0.3, 0.4) is 0 Å². The first-order valence-corrected chi connectivity index (χ1v) is 6.33. The summed E-state index contributed by atoms with van der Waals surface area (Å²) in [6.07, 6.45) is 0. The largest absolute Gasteiger partial charge is 0.374 e.